The number of thioether (sulfide) groups is 1. The van der Waals surface area contributed by atoms with Crippen LogP contribution >= 0.6 is 11.8 Å². The standard InChI is InChI=1S/C21H25N5O2S/c1-14(2)22-17(27)13-29-21-23-19-18(16-11-7-4-8-12-25(16)21)20(28)26(24-19)15-9-5-3-6-10-15/h3,5-6,9-10,14H,4,7-8,11-13H2,1-2H3,(H,22,27). The molecule has 3 heterocycles. The van der Waals surface area contributed by atoms with Gasteiger partial charge in [-0.25, -0.2) is 4.98 Å². The van der Waals surface area contributed by atoms with Crippen LogP contribution in [0.3, 0.4) is 0 Å². The summed E-state index contributed by atoms with van der Waals surface area (Å²) >= 11 is 1.41. The highest BCUT2D eigenvalue weighted by Gasteiger charge is 2.27. The van der Waals surface area contributed by atoms with Crippen LogP contribution in [-0.4, -0.2) is 37.0 Å². The summed E-state index contributed by atoms with van der Waals surface area (Å²) in [4.78, 5) is 30.0. The van der Waals surface area contributed by atoms with Crippen LogP contribution in [0.5, 0.6) is 0 Å². The lowest BCUT2D eigenvalue weighted by Gasteiger charge is -2.17. The molecule has 0 unspecified atom stereocenters. The topological polar surface area (TPSA) is 81.8 Å². The second kappa shape index (κ2) is 8.41. The van der Waals surface area contributed by atoms with E-state index in [1.807, 2.05) is 44.2 Å². The molecule has 1 aromatic carbocycles. The summed E-state index contributed by atoms with van der Waals surface area (Å²) in [6, 6.07) is 9.52. The fourth-order valence-electron chi connectivity index (χ4n) is 3.70. The Balaban J connectivity index is 1.79. The lowest BCUT2D eigenvalue weighted by Crippen LogP contribution is -2.31. The number of hydrogen-bond donors (Lipinski definition) is 1. The maximum absolute atomic E-state index is 13.2. The molecule has 1 aromatic rings. The number of aromatic nitrogens is 4. The van der Waals surface area contributed by atoms with Crippen molar-refractivity contribution in [2.45, 2.75) is 57.3 Å². The van der Waals surface area contributed by atoms with Gasteiger partial charge in [0.15, 0.2) is 11.0 Å². The number of nitrogens with one attached hydrogen (secondary N) is 1. The molecule has 0 saturated heterocycles. The van der Waals surface area contributed by atoms with Gasteiger partial charge in [0.25, 0.3) is 5.56 Å². The predicted molar refractivity (Wildman–Crippen MR) is 114 cm³/mol. The van der Waals surface area contributed by atoms with Gasteiger partial charge in [-0.05, 0) is 45.2 Å². The van der Waals surface area contributed by atoms with E-state index in [-0.39, 0.29) is 17.5 Å². The van der Waals surface area contributed by atoms with Crippen LogP contribution < -0.4 is 10.9 Å². The summed E-state index contributed by atoms with van der Waals surface area (Å²) < 4.78 is 3.56. The van der Waals surface area contributed by atoms with Gasteiger partial charge in [0.05, 0.1) is 11.4 Å². The van der Waals surface area contributed by atoms with Gasteiger partial charge >= 0.3 is 0 Å². The largest absolute Gasteiger partial charge is 0.353 e. The summed E-state index contributed by atoms with van der Waals surface area (Å²) in [7, 11) is 0. The molecule has 29 heavy (non-hydrogen) atoms. The van der Waals surface area contributed by atoms with E-state index in [9.17, 15) is 9.59 Å². The molecule has 7 nitrogen and oxygen atoms in total. The number of hydrogen-bond acceptors (Lipinski definition) is 5. The van der Waals surface area contributed by atoms with Crippen molar-refractivity contribution in [2.24, 2.45) is 0 Å². The molecule has 0 saturated carbocycles. The van der Waals surface area contributed by atoms with E-state index in [2.05, 4.69) is 15.0 Å². The van der Waals surface area contributed by atoms with Gasteiger partial charge in [-0.15, -0.1) is 5.10 Å². The van der Waals surface area contributed by atoms with Gasteiger partial charge in [0.2, 0.25) is 5.91 Å². The van der Waals surface area contributed by atoms with Gasteiger partial charge in [-0.1, -0.05) is 36.4 Å². The zero-order valence-corrected chi connectivity index (χ0v) is 17.5. The average molecular weight is 412 g/mol. The van der Waals surface area contributed by atoms with E-state index in [1.54, 1.807) is 0 Å². The van der Waals surface area contributed by atoms with Crippen LogP contribution in [0.15, 0.2) is 40.3 Å². The highest BCUT2D eigenvalue weighted by molar-refractivity contribution is 7.99. The Morgan fingerprint density at radius 2 is 2.00 bits per heavy atom. The minimum atomic E-state index is -0.126. The number of fused-ring (bicyclic) bond motifs is 3. The molecular weight excluding hydrogens is 386 g/mol. The molecule has 0 atom stereocenters. The first-order valence-corrected chi connectivity index (χ1v) is 11.0. The lowest BCUT2D eigenvalue weighted by atomic mass is 10.1. The maximum Gasteiger partial charge on any atom is 0.284 e. The number of amides is 1. The SMILES string of the molecule is CC(C)NC(=O)CSc1nc2nn(-c3ccccc3)c(=O)c-2c2n1CCCCC2. The van der Waals surface area contributed by atoms with E-state index in [0.717, 1.165) is 48.8 Å². The molecular formula is C21H25N5O2S. The number of carbonyl (C=O) groups is 1. The first-order valence-electron chi connectivity index (χ1n) is 10.0. The Morgan fingerprint density at radius 3 is 2.76 bits per heavy atom. The van der Waals surface area contributed by atoms with E-state index >= 15 is 0 Å². The van der Waals surface area contributed by atoms with Crippen molar-refractivity contribution < 1.29 is 4.79 Å². The Morgan fingerprint density at radius 1 is 1.21 bits per heavy atom. The van der Waals surface area contributed by atoms with Crippen molar-refractivity contribution in [1.29, 1.82) is 0 Å². The summed E-state index contributed by atoms with van der Waals surface area (Å²) in [6.45, 7) is 4.70. The van der Waals surface area contributed by atoms with Gasteiger partial charge in [0, 0.05) is 18.3 Å². The summed E-state index contributed by atoms with van der Waals surface area (Å²) in [6.07, 6.45) is 4.01. The van der Waals surface area contributed by atoms with Crippen molar-refractivity contribution in [2.75, 3.05) is 5.75 Å². The molecule has 1 amide bonds. The molecule has 152 valence electrons. The van der Waals surface area contributed by atoms with E-state index in [0.29, 0.717) is 17.1 Å². The second-order valence-electron chi connectivity index (χ2n) is 7.57. The number of nitrogens with zero attached hydrogens (tertiary/aromatic N) is 4. The van der Waals surface area contributed by atoms with Crippen LogP contribution in [0.25, 0.3) is 17.1 Å². The van der Waals surface area contributed by atoms with Crippen LogP contribution in [-0.2, 0) is 17.8 Å². The molecule has 0 aromatic heterocycles. The molecule has 0 radical (unpaired) electrons. The summed E-state index contributed by atoms with van der Waals surface area (Å²) in [5.74, 6) is 0.729. The molecule has 3 aliphatic rings. The normalized spacial score (nSPS) is 14.0. The number of rotatable bonds is 5. The molecule has 0 fully saturated rings. The number of benzene rings is 1. The average Bonchev–Trinajstić information content (AvgIpc) is 2.87. The first kappa shape index (κ1) is 19.7. The molecule has 1 N–H and O–H groups in total. The maximum atomic E-state index is 13.2. The Bertz CT molecular complexity index is 1040. The number of para-hydroxylation sites is 1. The van der Waals surface area contributed by atoms with Crippen LogP contribution in [0.4, 0.5) is 0 Å². The smallest absolute Gasteiger partial charge is 0.284 e. The van der Waals surface area contributed by atoms with Gasteiger partial charge in [-0.3, -0.25) is 9.59 Å². The summed E-state index contributed by atoms with van der Waals surface area (Å²) in [5, 5.41) is 8.19. The highest BCUT2D eigenvalue weighted by Crippen LogP contribution is 2.30. The first-order chi connectivity index (χ1) is 14.0. The molecule has 0 spiro atoms. The van der Waals surface area contributed by atoms with Gasteiger partial charge in [0.1, 0.15) is 5.56 Å². The molecule has 4 rings (SSSR count). The Kier molecular flexibility index (Phi) is 5.71. The van der Waals surface area contributed by atoms with Gasteiger partial charge < -0.3 is 9.88 Å². The zero-order valence-electron chi connectivity index (χ0n) is 16.7. The third kappa shape index (κ3) is 4.07. The van der Waals surface area contributed by atoms with Crippen molar-refractivity contribution in [3.05, 3.63) is 46.4 Å². The van der Waals surface area contributed by atoms with Crippen LogP contribution in [0, 0.1) is 0 Å². The van der Waals surface area contributed by atoms with E-state index in [4.69, 9.17) is 4.98 Å². The molecule has 8 heteroatoms. The lowest BCUT2D eigenvalue weighted by molar-refractivity contribution is -0.119. The van der Waals surface area contributed by atoms with Crippen molar-refractivity contribution in [3.63, 3.8) is 0 Å². The van der Waals surface area contributed by atoms with Crippen molar-refractivity contribution in [1.82, 2.24) is 24.6 Å². The van der Waals surface area contributed by atoms with Crippen molar-refractivity contribution >= 4 is 17.7 Å². The second-order valence-corrected chi connectivity index (χ2v) is 8.51. The van der Waals surface area contributed by atoms with Crippen molar-refractivity contribution in [3.8, 4) is 17.1 Å². The summed E-state index contributed by atoms with van der Waals surface area (Å²) in [5.41, 5.74) is 2.20. The van der Waals surface area contributed by atoms with Crippen LogP contribution in [0.1, 0.15) is 38.8 Å². The monoisotopic (exact) mass is 411 g/mol. The molecule has 3 aliphatic heterocycles. The quantitative estimate of drug-likeness (QED) is 0.516. The number of carbonyl (C=O) groups excluding carboxylic acids is 1. The fourth-order valence-corrected chi connectivity index (χ4v) is 4.55. The van der Waals surface area contributed by atoms with E-state index < -0.39 is 0 Å². The molecule has 0 aliphatic carbocycles. The third-order valence-corrected chi connectivity index (χ3v) is 5.93. The Labute approximate surface area is 173 Å². The minimum absolute atomic E-state index is 0.0193. The third-order valence-electron chi connectivity index (χ3n) is 4.95. The Hall–Kier alpha value is -2.61. The van der Waals surface area contributed by atoms with E-state index in [1.165, 1.54) is 16.4 Å². The van der Waals surface area contributed by atoms with Crippen LogP contribution in [0.2, 0.25) is 0 Å². The minimum Gasteiger partial charge on any atom is -0.353 e. The zero-order chi connectivity index (χ0) is 20.4. The van der Waals surface area contributed by atoms with Gasteiger partial charge in [-0.2, -0.15) is 4.68 Å². The predicted octanol–water partition coefficient (Wildman–Crippen LogP) is 2.88. The highest BCUT2D eigenvalue weighted by atomic mass is 32.2. The fraction of sp³-hybridized carbons (Fsp3) is 0.429. The molecule has 0 bridgehead atoms.